The number of aromatic nitrogens is 6. The highest BCUT2D eigenvalue weighted by Gasteiger charge is 2.10. The second-order valence-corrected chi connectivity index (χ2v) is 8.20. The molecule has 0 fully saturated rings. The van der Waals surface area contributed by atoms with E-state index in [1.165, 1.54) is 0 Å². The lowest BCUT2D eigenvalue weighted by molar-refractivity contribution is 0.288. The summed E-state index contributed by atoms with van der Waals surface area (Å²) in [7, 11) is 1.91. The fourth-order valence-corrected chi connectivity index (χ4v) is 4.28. The molecule has 4 aromatic heterocycles. The normalized spacial score (nSPS) is 11.5. The maximum absolute atomic E-state index is 9.07. The summed E-state index contributed by atoms with van der Waals surface area (Å²) in [5.74, 6) is 0. The molecular formula is C22H20N6OS. The Hall–Kier alpha value is -3.23. The van der Waals surface area contributed by atoms with Crippen LogP contribution in [0, 0.1) is 0 Å². The van der Waals surface area contributed by atoms with E-state index < -0.39 is 0 Å². The van der Waals surface area contributed by atoms with Crippen LogP contribution in [0.3, 0.4) is 0 Å². The maximum Gasteiger partial charge on any atom is 0.200 e. The number of nitrogens with zero attached hydrogens (tertiary/aromatic N) is 6. The monoisotopic (exact) mass is 416 g/mol. The van der Waals surface area contributed by atoms with Crippen LogP contribution in [-0.2, 0) is 13.5 Å². The first-order valence-electron chi connectivity index (χ1n) is 9.71. The number of aliphatic hydroxyl groups is 1. The van der Waals surface area contributed by atoms with Gasteiger partial charge in [0.25, 0.3) is 0 Å². The van der Waals surface area contributed by atoms with E-state index in [0.717, 1.165) is 56.1 Å². The Labute approximate surface area is 177 Å². The lowest BCUT2D eigenvalue weighted by Gasteiger charge is -2.05. The molecule has 0 amide bonds. The second kappa shape index (κ2) is 7.89. The average Bonchev–Trinajstić information content (AvgIpc) is 3.38. The van der Waals surface area contributed by atoms with E-state index in [-0.39, 0.29) is 6.61 Å². The second-order valence-electron chi connectivity index (χ2n) is 7.16. The minimum absolute atomic E-state index is 0.189. The third-order valence-corrected chi connectivity index (χ3v) is 5.90. The fraction of sp³-hybridized carbons (Fsp3) is 0.182. The van der Waals surface area contributed by atoms with Crippen LogP contribution in [0.5, 0.6) is 0 Å². The Bertz CT molecular complexity index is 1340. The molecule has 0 spiro atoms. The van der Waals surface area contributed by atoms with Crippen LogP contribution < -0.4 is 0 Å². The predicted octanol–water partition coefficient (Wildman–Crippen LogP) is 3.75. The van der Waals surface area contributed by atoms with Gasteiger partial charge in [0.1, 0.15) is 0 Å². The number of pyridine rings is 2. The van der Waals surface area contributed by atoms with Gasteiger partial charge in [-0.25, -0.2) is 0 Å². The highest BCUT2D eigenvalue weighted by molar-refractivity contribution is 7.99. The van der Waals surface area contributed by atoms with Crippen molar-refractivity contribution in [3.63, 3.8) is 0 Å². The lowest BCUT2D eigenvalue weighted by Crippen LogP contribution is -1.92. The first kappa shape index (κ1) is 18.8. The van der Waals surface area contributed by atoms with E-state index in [4.69, 9.17) is 5.11 Å². The van der Waals surface area contributed by atoms with Crippen LogP contribution in [0.25, 0.3) is 27.7 Å². The summed E-state index contributed by atoms with van der Waals surface area (Å²) in [6.07, 6.45) is 9.34. The van der Waals surface area contributed by atoms with Gasteiger partial charge in [0.2, 0.25) is 0 Å². The summed E-state index contributed by atoms with van der Waals surface area (Å²) in [5, 5.41) is 23.9. The third kappa shape index (κ3) is 3.67. The molecule has 30 heavy (non-hydrogen) atoms. The maximum atomic E-state index is 9.07. The van der Waals surface area contributed by atoms with Gasteiger partial charge in [-0.1, -0.05) is 0 Å². The smallest absolute Gasteiger partial charge is 0.200 e. The Morgan fingerprint density at radius 3 is 2.77 bits per heavy atom. The summed E-state index contributed by atoms with van der Waals surface area (Å²) in [6.45, 7) is 0.189. The largest absolute Gasteiger partial charge is 0.396 e. The standard InChI is InChI=1S/C22H20N6OS/c1-27-13-18(12-24-27)16-4-7-21-25-26-22(28(21)14-16)30-19-5-6-20-17(10-19)9-15(11-23-20)3-2-8-29/h4-7,9-14,29H,2-3,8H2,1H3. The topological polar surface area (TPSA) is 81.1 Å². The molecule has 0 unspecified atom stereocenters. The lowest BCUT2D eigenvalue weighted by atomic mass is 10.1. The van der Waals surface area contributed by atoms with Gasteiger partial charge in [0, 0.05) is 53.7 Å². The molecule has 1 N–H and O–H groups in total. The molecule has 0 atom stereocenters. The van der Waals surface area contributed by atoms with Crippen molar-refractivity contribution in [3.8, 4) is 11.1 Å². The summed E-state index contributed by atoms with van der Waals surface area (Å²) in [5.41, 5.74) is 5.01. The number of hydrogen-bond donors (Lipinski definition) is 1. The Morgan fingerprint density at radius 1 is 1.00 bits per heavy atom. The molecule has 7 nitrogen and oxygen atoms in total. The number of rotatable bonds is 6. The van der Waals surface area contributed by atoms with Crippen LogP contribution in [0.15, 0.2) is 71.2 Å². The van der Waals surface area contributed by atoms with E-state index in [2.05, 4.69) is 38.5 Å². The Morgan fingerprint density at radius 2 is 1.93 bits per heavy atom. The summed E-state index contributed by atoms with van der Waals surface area (Å²) < 4.78 is 3.80. The zero-order valence-electron chi connectivity index (χ0n) is 16.4. The molecule has 0 radical (unpaired) electrons. The van der Waals surface area contributed by atoms with Crippen LogP contribution in [0.2, 0.25) is 0 Å². The van der Waals surface area contributed by atoms with Crippen LogP contribution in [-0.4, -0.2) is 41.1 Å². The minimum Gasteiger partial charge on any atom is -0.396 e. The highest BCUT2D eigenvalue weighted by atomic mass is 32.2. The van der Waals surface area contributed by atoms with Gasteiger partial charge >= 0.3 is 0 Å². The summed E-state index contributed by atoms with van der Waals surface area (Å²) >= 11 is 1.57. The van der Waals surface area contributed by atoms with Gasteiger partial charge in [0.15, 0.2) is 10.8 Å². The quantitative estimate of drug-likeness (QED) is 0.454. The molecule has 0 aliphatic rings. The van der Waals surface area contributed by atoms with Crippen LogP contribution in [0.4, 0.5) is 0 Å². The van der Waals surface area contributed by atoms with E-state index in [9.17, 15) is 0 Å². The van der Waals surface area contributed by atoms with E-state index in [1.807, 2.05) is 54.4 Å². The third-order valence-electron chi connectivity index (χ3n) is 4.95. The Balaban J connectivity index is 1.47. The number of fused-ring (bicyclic) bond motifs is 2. The summed E-state index contributed by atoms with van der Waals surface area (Å²) in [6, 6.07) is 12.4. The van der Waals surface area contributed by atoms with Gasteiger partial charge in [0.05, 0.1) is 11.7 Å². The zero-order chi connectivity index (χ0) is 20.5. The van der Waals surface area contributed by atoms with Crippen molar-refractivity contribution in [2.24, 2.45) is 7.05 Å². The van der Waals surface area contributed by atoms with Gasteiger partial charge in [-0.2, -0.15) is 5.10 Å². The van der Waals surface area contributed by atoms with Gasteiger partial charge in [-0.15, -0.1) is 10.2 Å². The zero-order valence-corrected chi connectivity index (χ0v) is 17.3. The van der Waals surface area contributed by atoms with Crippen molar-refractivity contribution in [1.29, 1.82) is 0 Å². The average molecular weight is 417 g/mol. The highest BCUT2D eigenvalue weighted by Crippen LogP contribution is 2.30. The van der Waals surface area contributed by atoms with Crippen molar-refractivity contribution in [3.05, 3.63) is 66.7 Å². The first-order chi connectivity index (χ1) is 14.7. The molecule has 0 saturated heterocycles. The fourth-order valence-electron chi connectivity index (χ4n) is 3.42. The molecule has 0 aliphatic carbocycles. The number of aryl methyl sites for hydroxylation is 2. The van der Waals surface area contributed by atoms with Crippen LogP contribution >= 0.6 is 11.8 Å². The molecule has 0 bridgehead atoms. The molecular weight excluding hydrogens is 396 g/mol. The molecule has 5 aromatic rings. The molecule has 8 heteroatoms. The number of hydrogen-bond acceptors (Lipinski definition) is 6. The molecule has 4 heterocycles. The van der Waals surface area contributed by atoms with Gasteiger partial charge < -0.3 is 5.11 Å². The van der Waals surface area contributed by atoms with E-state index >= 15 is 0 Å². The molecule has 5 rings (SSSR count). The molecule has 150 valence electrons. The molecule has 1 aromatic carbocycles. The Kier molecular flexibility index (Phi) is 4.94. The minimum atomic E-state index is 0.189. The van der Waals surface area contributed by atoms with Crippen molar-refractivity contribution in [2.45, 2.75) is 22.9 Å². The predicted molar refractivity (Wildman–Crippen MR) is 116 cm³/mol. The van der Waals surface area contributed by atoms with Crippen molar-refractivity contribution < 1.29 is 5.11 Å². The summed E-state index contributed by atoms with van der Waals surface area (Å²) in [4.78, 5) is 5.61. The van der Waals surface area contributed by atoms with Crippen molar-refractivity contribution in [1.82, 2.24) is 29.4 Å². The van der Waals surface area contributed by atoms with E-state index in [0.29, 0.717) is 0 Å². The van der Waals surface area contributed by atoms with Gasteiger partial charge in [-0.3, -0.25) is 14.1 Å². The van der Waals surface area contributed by atoms with Crippen LogP contribution in [0.1, 0.15) is 12.0 Å². The van der Waals surface area contributed by atoms with Crippen molar-refractivity contribution >= 4 is 28.3 Å². The SMILES string of the molecule is Cn1cc(-c2ccc3nnc(Sc4ccc5ncc(CCCO)cc5c4)n3c2)cn1. The van der Waals surface area contributed by atoms with Gasteiger partial charge in [-0.05, 0) is 66.6 Å². The number of aliphatic hydroxyl groups excluding tert-OH is 1. The first-order valence-corrected chi connectivity index (χ1v) is 10.5. The van der Waals surface area contributed by atoms with E-state index in [1.54, 1.807) is 16.4 Å². The van der Waals surface area contributed by atoms with Crippen molar-refractivity contribution in [2.75, 3.05) is 6.61 Å². The molecule has 0 saturated carbocycles. The number of benzene rings is 1. The molecule has 0 aliphatic heterocycles.